The van der Waals surface area contributed by atoms with Gasteiger partial charge >= 0.3 is 0 Å². The summed E-state index contributed by atoms with van der Waals surface area (Å²) in [5.41, 5.74) is 3.33. The van der Waals surface area contributed by atoms with Gasteiger partial charge in [0.05, 0.1) is 16.4 Å². The second kappa shape index (κ2) is 10.6. The van der Waals surface area contributed by atoms with Gasteiger partial charge in [0.25, 0.3) is 6.47 Å². The minimum absolute atomic E-state index is 0.168. The lowest BCUT2D eigenvalue weighted by Gasteiger charge is -2.35. The molecule has 0 saturated heterocycles. The first-order chi connectivity index (χ1) is 13.4. The Kier molecular flexibility index (Phi) is 8.55. The molecule has 0 amide bonds. The van der Waals surface area contributed by atoms with Crippen LogP contribution >= 0.6 is 15.9 Å². The molecule has 5 nitrogen and oxygen atoms in total. The predicted octanol–water partition coefficient (Wildman–Crippen LogP) is 5.51. The van der Waals surface area contributed by atoms with Crippen molar-refractivity contribution >= 4 is 28.1 Å². The largest absolute Gasteiger partial charge is 0.464 e. The van der Waals surface area contributed by atoms with Crippen molar-refractivity contribution in [2.24, 2.45) is 24.8 Å². The first-order valence-corrected chi connectivity index (χ1v) is 10.7. The number of rotatable bonds is 5. The van der Waals surface area contributed by atoms with Crippen LogP contribution in [0.15, 0.2) is 34.9 Å². The smallest absolute Gasteiger partial charge is 0.293 e. The van der Waals surface area contributed by atoms with Crippen molar-refractivity contribution < 1.29 is 9.53 Å². The Morgan fingerprint density at radius 3 is 2.68 bits per heavy atom. The molecule has 1 aliphatic carbocycles. The number of aromatic nitrogens is 2. The molecule has 154 valence electrons. The maximum atomic E-state index is 10.3. The number of benzene rings is 1. The lowest BCUT2D eigenvalue weighted by atomic mass is 9.75. The highest BCUT2D eigenvalue weighted by molar-refractivity contribution is 9.10. The number of hydrogen-bond donors (Lipinski definition) is 1. The third-order valence-electron chi connectivity index (χ3n) is 5.51. The van der Waals surface area contributed by atoms with Crippen molar-refractivity contribution in [3.63, 3.8) is 0 Å². The molecule has 1 saturated carbocycles. The maximum absolute atomic E-state index is 10.3. The first kappa shape index (κ1) is 22.5. The minimum atomic E-state index is 0.168. The molecule has 1 N–H and O–H groups in total. The number of halogens is 1. The van der Waals surface area contributed by atoms with Crippen molar-refractivity contribution in [3.8, 4) is 11.3 Å². The molecule has 28 heavy (non-hydrogen) atoms. The van der Waals surface area contributed by atoms with Crippen molar-refractivity contribution in [2.75, 3.05) is 12.4 Å². The fourth-order valence-electron chi connectivity index (χ4n) is 3.90. The number of nitrogens with one attached hydrogen (secondary N) is 1. The number of anilines is 1. The summed E-state index contributed by atoms with van der Waals surface area (Å²) >= 11 is 3.50. The molecule has 3 unspecified atom stereocenters. The van der Waals surface area contributed by atoms with E-state index in [9.17, 15) is 4.79 Å². The van der Waals surface area contributed by atoms with E-state index < -0.39 is 0 Å². The van der Waals surface area contributed by atoms with E-state index in [0.29, 0.717) is 24.2 Å². The lowest BCUT2D eigenvalue weighted by molar-refractivity contribution is -0.140. The van der Waals surface area contributed by atoms with Gasteiger partial charge in [-0.3, -0.25) is 9.48 Å². The molecule has 0 spiro atoms. The van der Waals surface area contributed by atoms with Gasteiger partial charge in [0.15, 0.2) is 0 Å². The number of carbonyl (C=O) groups excluding carboxylic acids is 1. The summed E-state index contributed by atoms with van der Waals surface area (Å²) in [6.07, 6.45) is 5.50. The highest BCUT2D eigenvalue weighted by atomic mass is 79.9. The highest BCUT2D eigenvalue weighted by Crippen LogP contribution is 2.34. The second-order valence-electron chi connectivity index (χ2n) is 7.89. The van der Waals surface area contributed by atoms with Crippen molar-refractivity contribution in [2.45, 2.75) is 46.1 Å². The van der Waals surface area contributed by atoms with E-state index in [2.05, 4.69) is 59.2 Å². The molecule has 0 radical (unpaired) electrons. The van der Waals surface area contributed by atoms with E-state index in [0.717, 1.165) is 27.8 Å². The summed E-state index contributed by atoms with van der Waals surface area (Å²) in [4.78, 5) is 10.3. The summed E-state index contributed by atoms with van der Waals surface area (Å²) in [5, 5.41) is 7.32. The molecule has 1 aliphatic rings. The van der Waals surface area contributed by atoms with Crippen molar-refractivity contribution in [1.29, 1.82) is 0 Å². The Bertz CT molecular complexity index is 740. The highest BCUT2D eigenvalue weighted by Gasteiger charge is 2.31. The minimum Gasteiger partial charge on any atom is -0.464 e. The first-order valence-electron chi connectivity index (χ1n) is 9.92. The van der Waals surface area contributed by atoms with Crippen LogP contribution in [0.1, 0.15) is 40.0 Å². The molecule has 1 aromatic carbocycles. The molecular formula is C22H32BrN3O2. The standard InChI is InChI=1S/C11H12BrN3.C11H20O2/c1-13-9-5-3-4-8(6-9)11-10(12)7-14-15(11)2;1-8(2)10-5-4-9(3)6-11(10)13-7-12/h3-7,13H,1-2H3;7-11H,4-6H2,1-3H3. The normalized spacial score (nSPS) is 21.6. The average molecular weight is 450 g/mol. The van der Waals surface area contributed by atoms with Gasteiger partial charge in [0.1, 0.15) is 6.10 Å². The molecule has 2 aromatic rings. The summed E-state index contributed by atoms with van der Waals surface area (Å²) in [7, 11) is 3.85. The Hall–Kier alpha value is -1.82. The quantitative estimate of drug-likeness (QED) is 0.611. The number of aryl methyl sites for hydroxylation is 1. The van der Waals surface area contributed by atoms with Crippen LogP contribution in [0.25, 0.3) is 11.3 Å². The van der Waals surface area contributed by atoms with Crippen LogP contribution in [0.3, 0.4) is 0 Å². The van der Waals surface area contributed by atoms with Crippen LogP contribution in [0, 0.1) is 17.8 Å². The third-order valence-corrected chi connectivity index (χ3v) is 6.09. The zero-order chi connectivity index (χ0) is 20.7. The van der Waals surface area contributed by atoms with Gasteiger partial charge in [0, 0.05) is 25.3 Å². The zero-order valence-electron chi connectivity index (χ0n) is 17.5. The lowest BCUT2D eigenvalue weighted by Crippen LogP contribution is -2.33. The van der Waals surface area contributed by atoms with E-state index in [1.165, 1.54) is 12.8 Å². The van der Waals surface area contributed by atoms with E-state index >= 15 is 0 Å². The average Bonchev–Trinajstić information content (AvgIpc) is 3.01. The molecule has 0 aliphatic heterocycles. The molecule has 1 heterocycles. The fraction of sp³-hybridized carbons (Fsp3) is 0.545. The number of carbonyl (C=O) groups is 1. The van der Waals surface area contributed by atoms with Gasteiger partial charge in [-0.2, -0.15) is 5.10 Å². The maximum Gasteiger partial charge on any atom is 0.293 e. The van der Waals surface area contributed by atoms with Crippen LogP contribution in [0.5, 0.6) is 0 Å². The molecule has 0 bridgehead atoms. The Labute approximate surface area is 177 Å². The second-order valence-corrected chi connectivity index (χ2v) is 8.75. The number of nitrogens with zero attached hydrogens (tertiary/aromatic N) is 2. The van der Waals surface area contributed by atoms with Crippen molar-refractivity contribution in [3.05, 3.63) is 34.9 Å². The SMILES string of the molecule is CC1CCC(C(C)C)C(OC=O)C1.CNc1cccc(-c2c(Br)cnn2C)c1. The summed E-state index contributed by atoms with van der Waals surface area (Å²) < 4.78 is 8.02. The monoisotopic (exact) mass is 449 g/mol. The summed E-state index contributed by atoms with van der Waals surface area (Å²) in [5.74, 6) is 1.90. The van der Waals surface area contributed by atoms with Crippen LogP contribution in [-0.4, -0.2) is 29.4 Å². The van der Waals surface area contributed by atoms with Gasteiger partial charge < -0.3 is 10.1 Å². The molecule has 1 fully saturated rings. The number of ether oxygens (including phenoxy) is 1. The van der Waals surface area contributed by atoms with Crippen LogP contribution in [0.4, 0.5) is 5.69 Å². The van der Waals surface area contributed by atoms with Gasteiger partial charge in [-0.1, -0.05) is 39.3 Å². The zero-order valence-corrected chi connectivity index (χ0v) is 19.1. The Morgan fingerprint density at radius 1 is 1.36 bits per heavy atom. The Morgan fingerprint density at radius 2 is 2.11 bits per heavy atom. The van der Waals surface area contributed by atoms with E-state index in [1.54, 1.807) is 6.20 Å². The van der Waals surface area contributed by atoms with Crippen LogP contribution in [-0.2, 0) is 16.6 Å². The predicted molar refractivity (Wildman–Crippen MR) is 118 cm³/mol. The topological polar surface area (TPSA) is 56.1 Å². The molecule has 6 heteroatoms. The van der Waals surface area contributed by atoms with Crippen LogP contribution in [0.2, 0.25) is 0 Å². The van der Waals surface area contributed by atoms with Crippen LogP contribution < -0.4 is 5.32 Å². The van der Waals surface area contributed by atoms with E-state index in [4.69, 9.17) is 4.74 Å². The third kappa shape index (κ3) is 5.84. The number of hydrogen-bond acceptors (Lipinski definition) is 4. The Balaban J connectivity index is 0.000000203. The van der Waals surface area contributed by atoms with Gasteiger partial charge in [0.2, 0.25) is 0 Å². The summed E-state index contributed by atoms with van der Waals surface area (Å²) in [6, 6.07) is 8.23. The molecular weight excluding hydrogens is 418 g/mol. The molecule has 1 aromatic heterocycles. The van der Waals surface area contributed by atoms with E-state index in [-0.39, 0.29) is 6.10 Å². The van der Waals surface area contributed by atoms with Crippen molar-refractivity contribution in [1.82, 2.24) is 9.78 Å². The van der Waals surface area contributed by atoms with Gasteiger partial charge in [-0.25, -0.2) is 0 Å². The summed E-state index contributed by atoms with van der Waals surface area (Å²) in [6.45, 7) is 7.26. The van der Waals surface area contributed by atoms with Gasteiger partial charge in [-0.05, 0) is 58.7 Å². The molecule has 3 rings (SSSR count). The van der Waals surface area contributed by atoms with E-state index in [1.807, 2.05) is 30.9 Å². The fourth-order valence-corrected chi connectivity index (χ4v) is 4.48. The van der Waals surface area contributed by atoms with Gasteiger partial charge in [-0.15, -0.1) is 0 Å². The molecule has 3 atom stereocenters.